The Bertz CT molecular complexity index is 2820. The number of nitrogens with one attached hydrogen (secondary N) is 2. The summed E-state index contributed by atoms with van der Waals surface area (Å²) in [7, 11) is 2.09. The van der Waals surface area contributed by atoms with E-state index in [4.69, 9.17) is 11.6 Å². The summed E-state index contributed by atoms with van der Waals surface area (Å²) in [6.07, 6.45) is 1.84. The number of likely N-dealkylation sites (tertiary alicyclic amines) is 1. The normalized spacial score (nSPS) is 16.2. The second-order valence-corrected chi connectivity index (χ2v) is 18.4. The average molecular weight is 955 g/mol. The topological polar surface area (TPSA) is 171 Å². The van der Waals surface area contributed by atoms with Gasteiger partial charge in [-0.25, -0.2) is 9.97 Å². The second-order valence-electron chi connectivity index (χ2n) is 18.0. The molecule has 358 valence electrons. The number of aromatic nitrogens is 5. The first-order chi connectivity index (χ1) is 32.6. The Hall–Kier alpha value is -6.21. The number of likely N-dealkylation sites (N-methyl/N-ethyl adjacent to an activating group) is 1. The molecule has 0 radical (unpaired) electrons. The predicted molar refractivity (Wildman–Crippen MR) is 253 cm³/mol. The molecule has 5 heterocycles. The van der Waals surface area contributed by atoms with E-state index in [9.17, 15) is 37.5 Å². The monoisotopic (exact) mass is 954 g/mol. The molecule has 3 N–H and O–H groups in total. The van der Waals surface area contributed by atoms with Gasteiger partial charge >= 0.3 is 6.18 Å². The van der Waals surface area contributed by atoms with Crippen LogP contribution in [-0.4, -0.2) is 133 Å². The number of rotatable bonds is 16. The van der Waals surface area contributed by atoms with Gasteiger partial charge in [0.15, 0.2) is 0 Å². The van der Waals surface area contributed by atoms with Gasteiger partial charge < -0.3 is 30.4 Å². The summed E-state index contributed by atoms with van der Waals surface area (Å²) in [6, 6.07) is 21.1. The molecule has 2 aliphatic heterocycles. The molecule has 0 unspecified atom stereocenters. The summed E-state index contributed by atoms with van der Waals surface area (Å²) in [6.45, 7) is 4.13. The van der Waals surface area contributed by atoms with Crippen LogP contribution in [0.5, 0.6) is 0 Å². The average Bonchev–Trinajstić information content (AvgIpc) is 3.78. The van der Waals surface area contributed by atoms with Crippen LogP contribution in [0.1, 0.15) is 48.0 Å². The fourth-order valence-electron chi connectivity index (χ4n) is 8.89. The highest BCUT2D eigenvalue weighted by molar-refractivity contribution is 6.35. The number of fused-ring (bicyclic) bond motifs is 2. The van der Waals surface area contributed by atoms with Crippen LogP contribution in [0.4, 0.5) is 18.9 Å². The van der Waals surface area contributed by atoms with E-state index in [0.717, 1.165) is 36.4 Å². The standard InChI is InChI=1S/C49H54ClF3N10O5/c1-59-20-22-60(23-21-59)17-13-44(64)57-37-10-12-39-42(26-37)55-32-62(47(39)67)30-48(68)14-18-61(19-15-48)46(66)35(24-33-6-3-2-4-7-33)8-5-16-54-45(65)34-9-11-38-40(50)27-41(58-43(38)25-34)36-28-56-63(29-36)31-49(51,52)53/h2-4,6-7,9-12,25-29,32,35,68H,5,8,13-24,30-31H2,1H3,(H,54,65)(H,57,64)/t35-/m1/s1. The lowest BCUT2D eigenvalue weighted by Gasteiger charge is -2.39. The summed E-state index contributed by atoms with van der Waals surface area (Å²) in [5.74, 6) is -0.921. The Kier molecular flexibility index (Phi) is 14.9. The number of carbonyl (C=O) groups excluding carboxylic acids is 3. The molecule has 68 heavy (non-hydrogen) atoms. The van der Waals surface area contributed by atoms with Gasteiger partial charge in [-0.05, 0) is 81.1 Å². The molecule has 0 saturated carbocycles. The van der Waals surface area contributed by atoms with Crippen LogP contribution in [0.25, 0.3) is 33.1 Å². The lowest BCUT2D eigenvalue weighted by molar-refractivity contribution is -0.143. The third-order valence-electron chi connectivity index (χ3n) is 12.8. The van der Waals surface area contributed by atoms with Gasteiger partial charge in [0.2, 0.25) is 11.8 Å². The summed E-state index contributed by atoms with van der Waals surface area (Å²) in [5.41, 5.74) is 1.78. The number of nitrogens with zero attached hydrogens (tertiary/aromatic N) is 8. The number of hydrogen-bond donors (Lipinski definition) is 3. The number of pyridine rings is 1. The summed E-state index contributed by atoms with van der Waals surface area (Å²) < 4.78 is 40.9. The van der Waals surface area contributed by atoms with Crippen molar-refractivity contribution in [3.8, 4) is 11.3 Å². The van der Waals surface area contributed by atoms with Gasteiger partial charge in [-0.15, -0.1) is 0 Å². The number of halogens is 4. The number of amides is 3. The molecule has 0 aliphatic carbocycles. The molecule has 15 nitrogen and oxygen atoms in total. The van der Waals surface area contributed by atoms with Crippen molar-refractivity contribution in [2.75, 3.05) is 64.7 Å². The molecule has 2 saturated heterocycles. The van der Waals surface area contributed by atoms with E-state index in [2.05, 4.69) is 42.5 Å². The SMILES string of the molecule is CN1CCN(CCC(=O)Nc2ccc3c(=O)n(CC4(O)CCN(C(=O)[C@H](CCCNC(=O)c5ccc6c(Cl)cc(-c7cnn(CC(F)(F)F)c7)nc6c5)Cc5ccccc5)CC4)cnc3c2)CC1. The zero-order valence-corrected chi connectivity index (χ0v) is 38.5. The van der Waals surface area contributed by atoms with Crippen LogP contribution >= 0.6 is 11.6 Å². The molecule has 0 bridgehead atoms. The highest BCUT2D eigenvalue weighted by Crippen LogP contribution is 2.30. The van der Waals surface area contributed by atoms with Gasteiger partial charge in [-0.3, -0.25) is 28.4 Å². The van der Waals surface area contributed by atoms with Crippen molar-refractivity contribution in [3.05, 3.63) is 118 Å². The lowest BCUT2D eigenvalue weighted by atomic mass is 9.88. The molecule has 3 aromatic carbocycles. The predicted octanol–water partition coefficient (Wildman–Crippen LogP) is 6.02. The summed E-state index contributed by atoms with van der Waals surface area (Å²) in [5, 5.41) is 22.6. The van der Waals surface area contributed by atoms with E-state index >= 15 is 0 Å². The highest BCUT2D eigenvalue weighted by Gasteiger charge is 2.37. The van der Waals surface area contributed by atoms with E-state index in [0.29, 0.717) is 94.7 Å². The molecule has 1 atom stereocenters. The maximum absolute atomic E-state index is 14.2. The molecular weight excluding hydrogens is 901 g/mol. The van der Waals surface area contributed by atoms with Crippen molar-refractivity contribution < 1.29 is 32.7 Å². The number of carbonyl (C=O) groups is 3. The zero-order valence-electron chi connectivity index (χ0n) is 37.7. The van der Waals surface area contributed by atoms with E-state index in [1.165, 1.54) is 23.3 Å². The second kappa shape index (κ2) is 21.0. The molecule has 3 amide bonds. The Morgan fingerprint density at radius 3 is 2.43 bits per heavy atom. The van der Waals surface area contributed by atoms with Gasteiger partial charge in [0, 0.05) is 93.1 Å². The summed E-state index contributed by atoms with van der Waals surface area (Å²) >= 11 is 6.52. The maximum atomic E-state index is 14.2. The number of piperidine rings is 1. The fraction of sp³-hybridized carbons (Fsp3) is 0.408. The minimum atomic E-state index is -4.44. The molecule has 0 spiro atoms. The fourth-order valence-corrected chi connectivity index (χ4v) is 9.15. The van der Waals surface area contributed by atoms with Crippen LogP contribution < -0.4 is 16.2 Å². The van der Waals surface area contributed by atoms with Gasteiger partial charge in [0.1, 0.15) is 6.54 Å². The summed E-state index contributed by atoms with van der Waals surface area (Å²) in [4.78, 5) is 69.2. The largest absolute Gasteiger partial charge is 0.408 e. The third kappa shape index (κ3) is 12.3. The van der Waals surface area contributed by atoms with E-state index in [1.54, 1.807) is 47.4 Å². The number of aliphatic hydroxyl groups is 1. The molecule has 3 aromatic heterocycles. The first kappa shape index (κ1) is 48.3. The van der Waals surface area contributed by atoms with Gasteiger partial charge in [0.05, 0.1) is 51.8 Å². The van der Waals surface area contributed by atoms with Crippen LogP contribution in [0.2, 0.25) is 5.02 Å². The first-order valence-electron chi connectivity index (χ1n) is 22.8. The van der Waals surface area contributed by atoms with Gasteiger partial charge in [-0.2, -0.15) is 18.3 Å². The first-order valence-corrected chi connectivity index (χ1v) is 23.2. The Morgan fingerprint density at radius 1 is 0.926 bits per heavy atom. The van der Waals surface area contributed by atoms with E-state index in [1.807, 2.05) is 30.3 Å². The van der Waals surface area contributed by atoms with Gasteiger partial charge in [0.25, 0.3) is 11.5 Å². The lowest BCUT2D eigenvalue weighted by Crippen LogP contribution is -2.51. The van der Waals surface area contributed by atoms with Gasteiger partial charge in [-0.1, -0.05) is 48.0 Å². The van der Waals surface area contributed by atoms with Crippen molar-refractivity contribution in [1.82, 2.24) is 44.3 Å². The number of piperazine rings is 1. The smallest absolute Gasteiger partial charge is 0.388 e. The molecule has 8 rings (SSSR count). The van der Waals surface area contributed by atoms with Crippen LogP contribution in [0, 0.1) is 5.92 Å². The number of anilines is 1. The number of hydrogen-bond acceptors (Lipinski definition) is 10. The van der Waals surface area contributed by atoms with Crippen molar-refractivity contribution in [2.45, 2.75) is 63.4 Å². The van der Waals surface area contributed by atoms with Crippen molar-refractivity contribution in [3.63, 3.8) is 0 Å². The Balaban J connectivity index is 0.848. The number of benzene rings is 3. The highest BCUT2D eigenvalue weighted by atomic mass is 35.5. The maximum Gasteiger partial charge on any atom is 0.408 e. The third-order valence-corrected chi connectivity index (χ3v) is 13.1. The molecule has 2 fully saturated rings. The minimum Gasteiger partial charge on any atom is -0.388 e. The van der Waals surface area contributed by atoms with E-state index in [-0.39, 0.29) is 49.2 Å². The molecule has 2 aliphatic rings. The molecule has 19 heteroatoms. The van der Waals surface area contributed by atoms with E-state index < -0.39 is 24.2 Å². The van der Waals surface area contributed by atoms with Crippen LogP contribution in [-0.2, 0) is 29.1 Å². The quantitative estimate of drug-likeness (QED) is 0.0976. The van der Waals surface area contributed by atoms with Crippen molar-refractivity contribution >= 4 is 56.8 Å². The molecular formula is C49H54ClF3N10O5. The van der Waals surface area contributed by atoms with Crippen LogP contribution in [0.15, 0.2) is 96.3 Å². The zero-order chi connectivity index (χ0) is 48.0. The number of alkyl halides is 3. The Morgan fingerprint density at radius 2 is 1.68 bits per heavy atom. The minimum absolute atomic E-state index is 0.00715. The van der Waals surface area contributed by atoms with Crippen LogP contribution in [0.3, 0.4) is 0 Å². The molecule has 6 aromatic rings. The van der Waals surface area contributed by atoms with Crippen molar-refractivity contribution in [2.24, 2.45) is 5.92 Å². The Labute approximate surface area is 395 Å². The van der Waals surface area contributed by atoms with Crippen molar-refractivity contribution in [1.29, 1.82) is 0 Å².